The van der Waals surface area contributed by atoms with Gasteiger partial charge in [0.15, 0.2) is 6.04 Å². The van der Waals surface area contributed by atoms with Crippen LogP contribution >= 0.6 is 0 Å². The first kappa shape index (κ1) is 14.3. The van der Waals surface area contributed by atoms with Crippen molar-refractivity contribution in [3.63, 3.8) is 0 Å². The molecule has 1 heterocycles. The molecule has 20 heavy (non-hydrogen) atoms. The predicted molar refractivity (Wildman–Crippen MR) is 70.1 cm³/mol. The van der Waals surface area contributed by atoms with Gasteiger partial charge in [0, 0.05) is 6.54 Å². The SMILES string of the molecule is Cc1ccc(COC(=O)N2CCC(O)C2C(=O)O)cc1. The van der Waals surface area contributed by atoms with Gasteiger partial charge in [0.25, 0.3) is 0 Å². The zero-order valence-electron chi connectivity index (χ0n) is 11.2. The molecule has 1 aliphatic rings. The molecule has 1 amide bonds. The Bertz CT molecular complexity index is 499. The lowest BCUT2D eigenvalue weighted by molar-refractivity contribution is -0.144. The van der Waals surface area contributed by atoms with Gasteiger partial charge in [-0.1, -0.05) is 29.8 Å². The summed E-state index contributed by atoms with van der Waals surface area (Å²) in [4.78, 5) is 24.0. The fraction of sp³-hybridized carbons (Fsp3) is 0.429. The molecule has 6 nitrogen and oxygen atoms in total. The fourth-order valence-electron chi connectivity index (χ4n) is 2.19. The van der Waals surface area contributed by atoms with Gasteiger partial charge >= 0.3 is 12.1 Å². The van der Waals surface area contributed by atoms with Crippen molar-refractivity contribution in [1.29, 1.82) is 0 Å². The third kappa shape index (κ3) is 3.08. The molecule has 0 aliphatic carbocycles. The van der Waals surface area contributed by atoms with E-state index in [9.17, 15) is 14.7 Å². The first-order chi connectivity index (χ1) is 9.49. The highest BCUT2D eigenvalue weighted by atomic mass is 16.6. The van der Waals surface area contributed by atoms with Gasteiger partial charge in [0.05, 0.1) is 6.10 Å². The average Bonchev–Trinajstić information content (AvgIpc) is 2.80. The van der Waals surface area contributed by atoms with Crippen LogP contribution in [-0.2, 0) is 16.1 Å². The van der Waals surface area contributed by atoms with Gasteiger partial charge in [-0.2, -0.15) is 0 Å². The molecule has 2 rings (SSSR count). The van der Waals surface area contributed by atoms with Gasteiger partial charge < -0.3 is 14.9 Å². The number of likely N-dealkylation sites (tertiary alicyclic amines) is 1. The highest BCUT2D eigenvalue weighted by Gasteiger charge is 2.41. The van der Waals surface area contributed by atoms with Crippen molar-refractivity contribution in [2.75, 3.05) is 6.54 Å². The number of aryl methyl sites for hydroxylation is 1. The van der Waals surface area contributed by atoms with Gasteiger partial charge in [-0.15, -0.1) is 0 Å². The molecule has 108 valence electrons. The number of carboxylic acid groups (broad SMARTS) is 1. The Hall–Kier alpha value is -2.08. The lowest BCUT2D eigenvalue weighted by Gasteiger charge is -2.22. The maximum absolute atomic E-state index is 11.9. The molecule has 2 atom stereocenters. The minimum Gasteiger partial charge on any atom is -0.480 e. The molecule has 6 heteroatoms. The van der Waals surface area contributed by atoms with Crippen LogP contribution in [0.3, 0.4) is 0 Å². The van der Waals surface area contributed by atoms with Crippen LogP contribution in [0.1, 0.15) is 17.5 Å². The smallest absolute Gasteiger partial charge is 0.410 e. The Morgan fingerprint density at radius 2 is 2.00 bits per heavy atom. The van der Waals surface area contributed by atoms with E-state index in [0.29, 0.717) is 0 Å². The number of amides is 1. The molecule has 1 saturated heterocycles. The van der Waals surface area contributed by atoms with Crippen LogP contribution in [0, 0.1) is 6.92 Å². The molecule has 2 N–H and O–H groups in total. The third-order valence-electron chi connectivity index (χ3n) is 3.34. The van der Waals surface area contributed by atoms with E-state index in [-0.39, 0.29) is 19.6 Å². The number of rotatable bonds is 3. The molecule has 1 aliphatic heterocycles. The number of benzene rings is 1. The van der Waals surface area contributed by atoms with Gasteiger partial charge in [0.2, 0.25) is 0 Å². The highest BCUT2D eigenvalue weighted by molar-refractivity contribution is 5.81. The summed E-state index contributed by atoms with van der Waals surface area (Å²) in [6.07, 6.45) is -1.51. The Labute approximate surface area is 116 Å². The number of aliphatic hydroxyl groups is 1. The molecule has 0 aromatic heterocycles. The number of aliphatic hydroxyl groups excluding tert-OH is 1. The zero-order valence-corrected chi connectivity index (χ0v) is 11.2. The third-order valence-corrected chi connectivity index (χ3v) is 3.34. The van der Waals surface area contributed by atoms with Crippen LogP contribution in [0.2, 0.25) is 0 Å². The van der Waals surface area contributed by atoms with E-state index in [1.165, 1.54) is 0 Å². The Kier molecular flexibility index (Phi) is 4.24. The lowest BCUT2D eigenvalue weighted by Crippen LogP contribution is -2.45. The predicted octanol–water partition coefficient (Wildman–Crippen LogP) is 1.15. The van der Waals surface area contributed by atoms with E-state index < -0.39 is 24.2 Å². The molecule has 1 fully saturated rings. The number of carbonyl (C=O) groups is 2. The van der Waals surface area contributed by atoms with E-state index in [4.69, 9.17) is 9.84 Å². The molecule has 1 aromatic carbocycles. The zero-order chi connectivity index (χ0) is 14.7. The van der Waals surface area contributed by atoms with Crippen molar-refractivity contribution in [3.8, 4) is 0 Å². The summed E-state index contributed by atoms with van der Waals surface area (Å²) in [5, 5.41) is 18.6. The summed E-state index contributed by atoms with van der Waals surface area (Å²) in [5.74, 6) is -1.22. The van der Waals surface area contributed by atoms with Crippen LogP contribution in [-0.4, -0.2) is 45.9 Å². The average molecular weight is 279 g/mol. The first-order valence-electron chi connectivity index (χ1n) is 6.39. The van der Waals surface area contributed by atoms with Crippen LogP contribution in [0.15, 0.2) is 24.3 Å². The second-order valence-corrected chi connectivity index (χ2v) is 4.87. The summed E-state index contributed by atoms with van der Waals surface area (Å²) in [7, 11) is 0. The number of aliphatic carboxylic acids is 1. The number of carbonyl (C=O) groups excluding carboxylic acids is 1. The van der Waals surface area contributed by atoms with Crippen molar-refractivity contribution in [3.05, 3.63) is 35.4 Å². The van der Waals surface area contributed by atoms with Crippen molar-refractivity contribution >= 4 is 12.1 Å². The Morgan fingerprint density at radius 1 is 1.35 bits per heavy atom. The highest BCUT2D eigenvalue weighted by Crippen LogP contribution is 2.19. The van der Waals surface area contributed by atoms with E-state index in [2.05, 4.69) is 0 Å². The summed E-state index contributed by atoms with van der Waals surface area (Å²) >= 11 is 0. The molecule has 0 saturated carbocycles. The maximum Gasteiger partial charge on any atom is 0.410 e. The van der Waals surface area contributed by atoms with E-state index in [1.807, 2.05) is 31.2 Å². The number of nitrogens with zero attached hydrogens (tertiary/aromatic N) is 1. The molecular weight excluding hydrogens is 262 g/mol. The monoisotopic (exact) mass is 279 g/mol. The molecule has 0 radical (unpaired) electrons. The minimum absolute atomic E-state index is 0.0814. The fourth-order valence-corrected chi connectivity index (χ4v) is 2.19. The van der Waals surface area contributed by atoms with Crippen molar-refractivity contribution in [2.45, 2.75) is 32.1 Å². The van der Waals surface area contributed by atoms with Crippen LogP contribution in [0.5, 0.6) is 0 Å². The van der Waals surface area contributed by atoms with Gasteiger partial charge in [-0.05, 0) is 18.9 Å². The summed E-state index contributed by atoms with van der Waals surface area (Å²) in [6, 6.07) is 6.28. The lowest BCUT2D eigenvalue weighted by atomic mass is 10.2. The largest absolute Gasteiger partial charge is 0.480 e. The topological polar surface area (TPSA) is 87.1 Å². The summed E-state index contributed by atoms with van der Waals surface area (Å²) < 4.78 is 5.09. The van der Waals surface area contributed by atoms with Gasteiger partial charge in [-0.25, -0.2) is 9.59 Å². The standard InChI is InChI=1S/C14H17NO5/c1-9-2-4-10(5-3-9)8-20-14(19)15-7-6-11(16)12(15)13(17)18/h2-5,11-12,16H,6-8H2,1H3,(H,17,18). The number of ether oxygens (including phenoxy) is 1. The van der Waals surface area contributed by atoms with E-state index in [0.717, 1.165) is 16.0 Å². The molecule has 0 bridgehead atoms. The number of hydrogen-bond acceptors (Lipinski definition) is 4. The molecule has 2 unspecified atom stereocenters. The normalized spacial score (nSPS) is 21.8. The van der Waals surface area contributed by atoms with Crippen LogP contribution in [0.4, 0.5) is 4.79 Å². The summed E-state index contributed by atoms with van der Waals surface area (Å²) in [5.41, 5.74) is 1.93. The van der Waals surface area contributed by atoms with Gasteiger partial charge in [0.1, 0.15) is 6.61 Å². The first-order valence-corrected chi connectivity index (χ1v) is 6.39. The van der Waals surface area contributed by atoms with E-state index in [1.54, 1.807) is 0 Å². The van der Waals surface area contributed by atoms with Crippen molar-refractivity contribution in [2.24, 2.45) is 0 Å². The van der Waals surface area contributed by atoms with Gasteiger partial charge in [-0.3, -0.25) is 4.90 Å². The number of carboxylic acids is 1. The Balaban J connectivity index is 1.94. The molecular formula is C14H17NO5. The number of hydrogen-bond donors (Lipinski definition) is 2. The molecule has 0 spiro atoms. The minimum atomic E-state index is -1.22. The van der Waals surface area contributed by atoms with Crippen LogP contribution in [0.25, 0.3) is 0 Å². The van der Waals surface area contributed by atoms with Crippen molar-refractivity contribution in [1.82, 2.24) is 4.90 Å². The second kappa shape index (κ2) is 5.92. The van der Waals surface area contributed by atoms with E-state index >= 15 is 0 Å². The Morgan fingerprint density at radius 3 is 2.60 bits per heavy atom. The maximum atomic E-state index is 11.9. The summed E-state index contributed by atoms with van der Waals surface area (Å²) in [6.45, 7) is 2.22. The van der Waals surface area contributed by atoms with Crippen molar-refractivity contribution < 1.29 is 24.5 Å². The molecule has 1 aromatic rings. The quantitative estimate of drug-likeness (QED) is 0.866. The second-order valence-electron chi connectivity index (χ2n) is 4.87. The van der Waals surface area contributed by atoms with Crippen LogP contribution < -0.4 is 0 Å².